The van der Waals surface area contributed by atoms with E-state index in [0.717, 1.165) is 24.1 Å². The van der Waals surface area contributed by atoms with Gasteiger partial charge < -0.3 is 10.6 Å². The predicted molar refractivity (Wildman–Crippen MR) is 78.0 cm³/mol. The Morgan fingerprint density at radius 3 is 3.00 bits per heavy atom. The lowest BCUT2D eigenvalue weighted by Gasteiger charge is -2.27. The average Bonchev–Trinajstić information content (AvgIpc) is 2.38. The molecule has 3 nitrogen and oxygen atoms in total. The van der Waals surface area contributed by atoms with Gasteiger partial charge in [-0.05, 0) is 37.0 Å². The molecule has 19 heavy (non-hydrogen) atoms. The summed E-state index contributed by atoms with van der Waals surface area (Å²) in [7, 11) is 0. The van der Waals surface area contributed by atoms with Gasteiger partial charge in [-0.25, -0.2) is 4.79 Å². The zero-order valence-corrected chi connectivity index (χ0v) is 11.3. The third-order valence-electron chi connectivity index (χ3n) is 3.56. The molecule has 2 atom stereocenters. The summed E-state index contributed by atoms with van der Waals surface area (Å²) in [6.07, 6.45) is 9.94. The average molecular weight is 256 g/mol. The Kier molecular flexibility index (Phi) is 4.46. The summed E-state index contributed by atoms with van der Waals surface area (Å²) in [4.78, 5) is 11.9. The number of carbonyl (C=O) groups excluding carboxylic acids is 1. The normalized spacial score (nSPS) is 22.3. The van der Waals surface area contributed by atoms with Crippen molar-refractivity contribution in [2.24, 2.45) is 5.92 Å². The highest BCUT2D eigenvalue weighted by Gasteiger charge is 2.20. The first kappa shape index (κ1) is 13.5. The van der Waals surface area contributed by atoms with Crippen molar-refractivity contribution in [1.82, 2.24) is 5.32 Å². The number of anilines is 1. The topological polar surface area (TPSA) is 41.1 Å². The van der Waals surface area contributed by atoms with Crippen molar-refractivity contribution in [2.75, 3.05) is 5.32 Å². The summed E-state index contributed by atoms with van der Waals surface area (Å²) in [5.41, 5.74) is 1.50. The summed E-state index contributed by atoms with van der Waals surface area (Å²) in [6.45, 7) is 2.24. The molecule has 3 heteroatoms. The van der Waals surface area contributed by atoms with Crippen LogP contribution in [0.2, 0.25) is 0 Å². The molecule has 1 saturated carbocycles. The lowest BCUT2D eigenvalue weighted by atomic mass is 9.87. The van der Waals surface area contributed by atoms with E-state index in [0.29, 0.717) is 12.0 Å². The monoisotopic (exact) mass is 256 g/mol. The Hall–Kier alpha value is -1.95. The highest BCUT2D eigenvalue weighted by molar-refractivity contribution is 5.89. The van der Waals surface area contributed by atoms with Gasteiger partial charge in [0.1, 0.15) is 0 Å². The molecule has 2 unspecified atom stereocenters. The number of benzene rings is 1. The largest absolute Gasteiger partial charge is 0.335 e. The number of nitrogens with one attached hydrogen (secondary N) is 2. The first-order valence-electron chi connectivity index (χ1n) is 6.81. The van der Waals surface area contributed by atoms with E-state index in [9.17, 15) is 4.79 Å². The van der Waals surface area contributed by atoms with Gasteiger partial charge in [-0.1, -0.05) is 31.8 Å². The van der Waals surface area contributed by atoms with Gasteiger partial charge in [0.05, 0.1) is 0 Å². The van der Waals surface area contributed by atoms with Gasteiger partial charge in [0.2, 0.25) is 0 Å². The Balaban J connectivity index is 1.88. The molecular weight excluding hydrogens is 236 g/mol. The third kappa shape index (κ3) is 4.03. The van der Waals surface area contributed by atoms with E-state index >= 15 is 0 Å². The fraction of sp³-hybridized carbons (Fsp3) is 0.438. The summed E-state index contributed by atoms with van der Waals surface area (Å²) in [5.74, 6) is 3.25. The van der Waals surface area contributed by atoms with Crippen LogP contribution in [0.15, 0.2) is 24.3 Å². The minimum atomic E-state index is -0.145. The second-order valence-electron chi connectivity index (χ2n) is 5.29. The minimum Gasteiger partial charge on any atom is -0.335 e. The van der Waals surface area contributed by atoms with E-state index in [4.69, 9.17) is 6.42 Å². The van der Waals surface area contributed by atoms with Crippen molar-refractivity contribution >= 4 is 11.7 Å². The van der Waals surface area contributed by atoms with Crippen molar-refractivity contribution in [1.29, 1.82) is 0 Å². The SMILES string of the molecule is C#Cc1cccc(NC(=O)NC2CCCC(C)C2)c1. The van der Waals surface area contributed by atoms with E-state index in [1.807, 2.05) is 18.2 Å². The van der Waals surface area contributed by atoms with Gasteiger partial charge in [-0.2, -0.15) is 0 Å². The van der Waals surface area contributed by atoms with E-state index < -0.39 is 0 Å². The van der Waals surface area contributed by atoms with Gasteiger partial charge in [0.25, 0.3) is 0 Å². The first-order valence-corrected chi connectivity index (χ1v) is 6.81. The Labute approximate surface area is 114 Å². The number of urea groups is 1. The number of amides is 2. The van der Waals surface area contributed by atoms with Crippen LogP contribution < -0.4 is 10.6 Å². The quantitative estimate of drug-likeness (QED) is 0.783. The molecule has 0 saturated heterocycles. The fourth-order valence-corrected chi connectivity index (χ4v) is 2.60. The smallest absolute Gasteiger partial charge is 0.319 e. The van der Waals surface area contributed by atoms with E-state index in [1.165, 1.54) is 12.8 Å². The van der Waals surface area contributed by atoms with E-state index in [1.54, 1.807) is 6.07 Å². The van der Waals surface area contributed by atoms with Gasteiger partial charge in [-0.15, -0.1) is 6.42 Å². The second-order valence-corrected chi connectivity index (χ2v) is 5.29. The summed E-state index contributed by atoms with van der Waals surface area (Å²) in [5, 5.41) is 5.87. The van der Waals surface area contributed by atoms with Gasteiger partial charge in [-0.3, -0.25) is 0 Å². The molecule has 100 valence electrons. The second kappa shape index (κ2) is 6.29. The number of carbonyl (C=O) groups is 1. The van der Waals surface area contributed by atoms with Crippen molar-refractivity contribution < 1.29 is 4.79 Å². The molecule has 1 fully saturated rings. The summed E-state index contributed by atoms with van der Waals surface area (Å²) >= 11 is 0. The number of rotatable bonds is 2. The van der Waals surface area contributed by atoms with E-state index in [2.05, 4.69) is 23.5 Å². The maximum atomic E-state index is 11.9. The molecule has 0 spiro atoms. The number of hydrogen-bond acceptors (Lipinski definition) is 1. The van der Waals surface area contributed by atoms with Crippen LogP contribution in [0.1, 0.15) is 38.2 Å². The standard InChI is InChI=1S/C16H20N2O/c1-3-13-7-5-9-15(11-13)18-16(19)17-14-8-4-6-12(2)10-14/h1,5,7,9,11-12,14H,4,6,8,10H2,2H3,(H2,17,18,19). The van der Waals surface area contributed by atoms with Crippen LogP contribution in [0.3, 0.4) is 0 Å². The molecule has 2 amide bonds. The molecule has 0 radical (unpaired) electrons. The minimum absolute atomic E-state index is 0.145. The van der Waals surface area contributed by atoms with Crippen molar-refractivity contribution in [3.63, 3.8) is 0 Å². The molecule has 2 rings (SSSR count). The van der Waals surface area contributed by atoms with Gasteiger partial charge in [0, 0.05) is 17.3 Å². The lowest BCUT2D eigenvalue weighted by Crippen LogP contribution is -2.40. The van der Waals surface area contributed by atoms with Crippen LogP contribution in [0.5, 0.6) is 0 Å². The van der Waals surface area contributed by atoms with Crippen molar-refractivity contribution in [3.05, 3.63) is 29.8 Å². The fourth-order valence-electron chi connectivity index (χ4n) is 2.60. The molecule has 0 bridgehead atoms. The molecule has 0 aromatic heterocycles. The van der Waals surface area contributed by atoms with Gasteiger partial charge >= 0.3 is 6.03 Å². The predicted octanol–water partition coefficient (Wildman–Crippen LogP) is 3.37. The van der Waals surface area contributed by atoms with E-state index in [-0.39, 0.29) is 6.03 Å². The summed E-state index contributed by atoms with van der Waals surface area (Å²) < 4.78 is 0. The highest BCUT2D eigenvalue weighted by Crippen LogP contribution is 2.23. The molecule has 0 aliphatic heterocycles. The molecule has 1 aliphatic carbocycles. The maximum Gasteiger partial charge on any atom is 0.319 e. The zero-order valence-electron chi connectivity index (χ0n) is 11.3. The van der Waals surface area contributed by atoms with Crippen molar-refractivity contribution in [3.8, 4) is 12.3 Å². The Morgan fingerprint density at radius 2 is 2.26 bits per heavy atom. The maximum absolute atomic E-state index is 11.9. The van der Waals surface area contributed by atoms with Crippen LogP contribution in [0.25, 0.3) is 0 Å². The number of hydrogen-bond donors (Lipinski definition) is 2. The zero-order chi connectivity index (χ0) is 13.7. The molecule has 1 aromatic carbocycles. The molecule has 1 aromatic rings. The van der Waals surface area contributed by atoms with Gasteiger partial charge in [0.15, 0.2) is 0 Å². The van der Waals surface area contributed by atoms with Crippen LogP contribution in [-0.4, -0.2) is 12.1 Å². The lowest BCUT2D eigenvalue weighted by molar-refractivity contribution is 0.238. The highest BCUT2D eigenvalue weighted by atomic mass is 16.2. The molecule has 2 N–H and O–H groups in total. The first-order chi connectivity index (χ1) is 9.17. The van der Waals surface area contributed by atoms with Crippen LogP contribution >= 0.6 is 0 Å². The summed E-state index contributed by atoms with van der Waals surface area (Å²) in [6, 6.07) is 7.46. The van der Waals surface area contributed by atoms with Crippen molar-refractivity contribution in [2.45, 2.75) is 38.6 Å². The molecule has 1 aliphatic rings. The molecular formula is C16H20N2O. The third-order valence-corrected chi connectivity index (χ3v) is 3.56. The molecule has 0 heterocycles. The number of terminal acetylenes is 1. The van der Waals surface area contributed by atoms with Crippen LogP contribution in [0.4, 0.5) is 10.5 Å². The Bertz CT molecular complexity index is 490. The van der Waals surface area contributed by atoms with Crippen LogP contribution in [0, 0.1) is 18.3 Å². The Morgan fingerprint density at radius 1 is 1.42 bits per heavy atom. The van der Waals surface area contributed by atoms with Crippen LogP contribution in [-0.2, 0) is 0 Å².